The second-order valence-electron chi connectivity index (χ2n) is 12.5. The summed E-state index contributed by atoms with van der Waals surface area (Å²) >= 11 is 0. The van der Waals surface area contributed by atoms with Crippen molar-refractivity contribution in [3.63, 3.8) is 0 Å². The van der Waals surface area contributed by atoms with E-state index >= 15 is 0 Å². The van der Waals surface area contributed by atoms with Crippen LogP contribution in [0.5, 0.6) is 0 Å². The number of pyridine rings is 1. The molecule has 1 aliphatic carbocycles. The molecule has 0 bridgehead atoms. The molecule has 0 unspecified atom stereocenters. The molecule has 6 rings (SSSR count). The summed E-state index contributed by atoms with van der Waals surface area (Å²) in [6, 6.07) is 19.6. The Kier molecular flexibility index (Phi) is 12.1. The van der Waals surface area contributed by atoms with E-state index in [2.05, 4.69) is 64.5 Å². The van der Waals surface area contributed by atoms with Crippen LogP contribution in [0.3, 0.4) is 0 Å². The molecule has 2 saturated heterocycles. The molecule has 1 saturated carbocycles. The first kappa shape index (κ1) is 32.7. The highest BCUT2D eigenvalue weighted by molar-refractivity contribution is 6.09. The van der Waals surface area contributed by atoms with Crippen molar-refractivity contribution in [3.8, 4) is 11.3 Å². The van der Waals surface area contributed by atoms with Crippen molar-refractivity contribution in [2.45, 2.75) is 89.8 Å². The van der Waals surface area contributed by atoms with Crippen molar-refractivity contribution in [3.05, 3.63) is 65.7 Å². The van der Waals surface area contributed by atoms with Crippen LogP contribution >= 0.6 is 24.8 Å². The van der Waals surface area contributed by atoms with Crippen LogP contribution in [-0.4, -0.2) is 59.0 Å². The first-order chi connectivity index (χ1) is 19.7. The van der Waals surface area contributed by atoms with Gasteiger partial charge in [0, 0.05) is 35.1 Å². The zero-order valence-corrected chi connectivity index (χ0v) is 26.7. The van der Waals surface area contributed by atoms with Crippen molar-refractivity contribution < 1.29 is 4.79 Å². The van der Waals surface area contributed by atoms with E-state index in [-0.39, 0.29) is 36.8 Å². The van der Waals surface area contributed by atoms with Gasteiger partial charge < -0.3 is 10.2 Å². The highest BCUT2D eigenvalue weighted by Crippen LogP contribution is 2.33. The molecule has 1 amide bonds. The second kappa shape index (κ2) is 15.5. The van der Waals surface area contributed by atoms with E-state index in [1.54, 1.807) is 0 Å². The molecule has 42 heavy (non-hydrogen) atoms. The molecule has 7 heteroatoms. The van der Waals surface area contributed by atoms with Crippen molar-refractivity contribution in [1.29, 1.82) is 0 Å². The van der Waals surface area contributed by atoms with Gasteiger partial charge >= 0.3 is 0 Å². The van der Waals surface area contributed by atoms with Crippen molar-refractivity contribution in [2.75, 3.05) is 26.2 Å². The molecule has 3 aliphatic rings. The Morgan fingerprint density at radius 3 is 2.19 bits per heavy atom. The van der Waals surface area contributed by atoms with Crippen molar-refractivity contribution in [1.82, 2.24) is 20.1 Å². The number of rotatable bonds is 7. The summed E-state index contributed by atoms with van der Waals surface area (Å²) in [5, 5.41) is 4.44. The normalized spacial score (nSPS) is 19.9. The summed E-state index contributed by atoms with van der Waals surface area (Å²) in [5.74, 6) is 0.628. The Morgan fingerprint density at radius 2 is 1.48 bits per heavy atom. The minimum Gasteiger partial charge on any atom is -0.349 e. The number of carbonyl (C=O) groups is 1. The van der Waals surface area contributed by atoms with Crippen LogP contribution in [-0.2, 0) is 6.54 Å². The van der Waals surface area contributed by atoms with E-state index < -0.39 is 0 Å². The number of nitrogens with one attached hydrogen (secondary N) is 1. The third kappa shape index (κ3) is 7.48. The van der Waals surface area contributed by atoms with Gasteiger partial charge in [-0.3, -0.25) is 9.69 Å². The number of hydrogen-bond donors (Lipinski definition) is 1. The zero-order chi connectivity index (χ0) is 27.3. The summed E-state index contributed by atoms with van der Waals surface area (Å²) in [5.41, 5.74) is 4.83. The summed E-state index contributed by atoms with van der Waals surface area (Å²) in [6.07, 6.45) is 12.8. The van der Waals surface area contributed by atoms with Gasteiger partial charge in [0.05, 0.1) is 16.8 Å². The van der Waals surface area contributed by atoms with Gasteiger partial charge in [-0.15, -0.1) is 24.8 Å². The Morgan fingerprint density at radius 1 is 0.833 bits per heavy atom. The lowest BCUT2D eigenvalue weighted by molar-refractivity contribution is 0.0878. The number of hydrogen-bond acceptors (Lipinski definition) is 4. The van der Waals surface area contributed by atoms with Gasteiger partial charge in [-0.2, -0.15) is 0 Å². The maximum atomic E-state index is 14.3. The van der Waals surface area contributed by atoms with Gasteiger partial charge in [0.25, 0.3) is 5.91 Å². The minimum absolute atomic E-state index is 0. The quantitative estimate of drug-likeness (QED) is 0.295. The maximum Gasteiger partial charge on any atom is 0.252 e. The number of nitrogens with zero attached hydrogens (tertiary/aromatic N) is 3. The van der Waals surface area contributed by atoms with Crippen molar-refractivity contribution in [2.24, 2.45) is 5.92 Å². The highest BCUT2D eigenvalue weighted by Gasteiger charge is 2.30. The van der Waals surface area contributed by atoms with Crippen molar-refractivity contribution >= 4 is 41.6 Å². The predicted molar refractivity (Wildman–Crippen MR) is 179 cm³/mol. The van der Waals surface area contributed by atoms with Gasteiger partial charge in [-0.25, -0.2) is 4.98 Å². The minimum atomic E-state index is 0. The van der Waals surface area contributed by atoms with Gasteiger partial charge in [-0.1, -0.05) is 74.2 Å². The summed E-state index contributed by atoms with van der Waals surface area (Å²) in [4.78, 5) is 24.8. The van der Waals surface area contributed by atoms with E-state index in [1.165, 1.54) is 77.3 Å². The van der Waals surface area contributed by atoms with E-state index in [4.69, 9.17) is 4.98 Å². The van der Waals surface area contributed by atoms with Gasteiger partial charge in [-0.05, 0) is 83.6 Å². The fourth-order valence-corrected chi connectivity index (χ4v) is 7.48. The predicted octanol–water partition coefficient (Wildman–Crippen LogP) is 7.89. The van der Waals surface area contributed by atoms with E-state index in [1.807, 2.05) is 12.1 Å². The molecule has 2 aromatic carbocycles. The Hall–Kier alpha value is -2.18. The number of aromatic nitrogens is 1. The molecule has 5 nitrogen and oxygen atoms in total. The maximum absolute atomic E-state index is 14.3. The monoisotopic (exact) mass is 610 g/mol. The van der Waals surface area contributed by atoms with Crippen LogP contribution in [0, 0.1) is 5.92 Å². The lowest BCUT2D eigenvalue weighted by Crippen LogP contribution is -2.46. The number of likely N-dealkylation sites (tertiary alicyclic amines) is 2. The standard InChI is InChI=1S/C35H46N4O.2ClH/c1-26(27-13-5-2-6-14-27)36-35(40)33-30-17-9-10-18-32(30)37-34(28-15-7-3-8-16-28)31(33)25-38-23-19-29(20-24-38)39-21-11-4-12-22-39;;/h3,7-10,15-18,26-27,29H,2,4-6,11-14,19-25H2,1H3,(H,36,40);2*1H/t26-;;/m0../s1. The molecule has 0 radical (unpaired) electrons. The molecule has 1 aromatic heterocycles. The first-order valence-corrected chi connectivity index (χ1v) is 15.9. The van der Waals surface area contributed by atoms with E-state index in [0.717, 1.165) is 52.9 Å². The molecular formula is C35H48Cl2N4O. The number of carbonyl (C=O) groups excluding carboxylic acids is 1. The summed E-state index contributed by atoms with van der Waals surface area (Å²) in [6.45, 7) is 7.64. The Labute approximate surface area is 264 Å². The Bertz CT molecular complexity index is 1280. The zero-order valence-electron chi connectivity index (χ0n) is 25.1. The summed E-state index contributed by atoms with van der Waals surface area (Å²) in [7, 11) is 0. The first-order valence-electron chi connectivity index (χ1n) is 15.9. The molecule has 3 aromatic rings. The molecule has 3 heterocycles. The molecule has 1 atom stereocenters. The van der Waals surface area contributed by atoms with Gasteiger partial charge in [0.15, 0.2) is 0 Å². The van der Waals surface area contributed by atoms with Crippen LogP contribution in [0.25, 0.3) is 22.2 Å². The fourth-order valence-electron chi connectivity index (χ4n) is 7.48. The second-order valence-corrected chi connectivity index (χ2v) is 12.5. The number of halogens is 2. The lowest BCUT2D eigenvalue weighted by Gasteiger charge is -2.40. The molecule has 1 N–H and O–H groups in total. The van der Waals surface area contributed by atoms with E-state index in [0.29, 0.717) is 12.0 Å². The molecular weight excluding hydrogens is 563 g/mol. The van der Waals surface area contributed by atoms with Gasteiger partial charge in [0.1, 0.15) is 0 Å². The third-order valence-corrected chi connectivity index (χ3v) is 9.83. The lowest BCUT2D eigenvalue weighted by atomic mass is 9.84. The van der Waals surface area contributed by atoms with Gasteiger partial charge in [0.2, 0.25) is 0 Å². The SMILES string of the molecule is C[C@H](NC(=O)c1c(CN2CCC(N3CCCCC3)CC2)c(-c2ccccc2)nc2ccccc12)C1CCCCC1.Cl.Cl. The molecule has 3 fully saturated rings. The number of piperidine rings is 2. The molecule has 0 spiro atoms. The molecule has 2 aliphatic heterocycles. The number of fused-ring (bicyclic) bond motifs is 1. The van der Waals surface area contributed by atoms with Crippen LogP contribution in [0.15, 0.2) is 54.6 Å². The van der Waals surface area contributed by atoms with Crippen LogP contribution < -0.4 is 5.32 Å². The van der Waals surface area contributed by atoms with Crippen LogP contribution in [0.1, 0.15) is 87.1 Å². The third-order valence-electron chi connectivity index (χ3n) is 9.83. The average molecular weight is 612 g/mol. The van der Waals surface area contributed by atoms with Crippen LogP contribution in [0.2, 0.25) is 0 Å². The molecule has 228 valence electrons. The fraction of sp³-hybridized carbons (Fsp3) is 0.543. The van der Waals surface area contributed by atoms with Crippen LogP contribution in [0.4, 0.5) is 0 Å². The largest absolute Gasteiger partial charge is 0.349 e. The number of amides is 1. The number of benzene rings is 2. The summed E-state index contributed by atoms with van der Waals surface area (Å²) < 4.78 is 0. The Balaban J connectivity index is 0.00000202. The van der Waals surface area contributed by atoms with E-state index in [9.17, 15) is 4.79 Å². The average Bonchev–Trinajstić information content (AvgIpc) is 3.02. The smallest absolute Gasteiger partial charge is 0.252 e. The highest BCUT2D eigenvalue weighted by atomic mass is 35.5. The topological polar surface area (TPSA) is 48.5 Å². The number of para-hydroxylation sites is 1.